The largest absolute Gasteiger partial charge is 0.460 e. The van der Waals surface area contributed by atoms with Gasteiger partial charge in [-0.3, -0.25) is 0 Å². The molecule has 2 aromatic rings. The van der Waals surface area contributed by atoms with Crippen LogP contribution >= 0.6 is 0 Å². The molecule has 14 heavy (non-hydrogen) atoms. The van der Waals surface area contributed by atoms with Gasteiger partial charge in [0.05, 0.1) is 0 Å². The van der Waals surface area contributed by atoms with E-state index >= 15 is 0 Å². The van der Waals surface area contributed by atoms with Gasteiger partial charge in [0.25, 0.3) is 0 Å². The molecule has 0 aliphatic rings. The van der Waals surface area contributed by atoms with Crippen molar-refractivity contribution < 1.29 is 8.81 Å². The number of hydrogen-bond donors (Lipinski definition) is 0. The van der Waals surface area contributed by atoms with Crippen LogP contribution in [0.25, 0.3) is 11.0 Å². The molecule has 0 saturated heterocycles. The summed E-state index contributed by atoms with van der Waals surface area (Å²) in [5.74, 6) is 0.269. The highest BCUT2D eigenvalue weighted by molar-refractivity contribution is 5.85. The maximum Gasteiger partial charge on any atom is 0.135 e. The second-order valence-corrected chi connectivity index (χ2v) is 3.01. The highest BCUT2D eigenvalue weighted by Crippen LogP contribution is 2.26. The van der Waals surface area contributed by atoms with Crippen molar-refractivity contribution in [3.05, 3.63) is 35.3 Å². The first-order valence-corrected chi connectivity index (χ1v) is 4.37. The number of rotatable bonds is 1. The quantitative estimate of drug-likeness (QED) is 0.691. The SMILES string of the molecule is CCc1oc2ccc(F)cc2c1C#N. The van der Waals surface area contributed by atoms with Crippen LogP contribution in [0.15, 0.2) is 22.6 Å². The van der Waals surface area contributed by atoms with Crippen LogP contribution in [0.1, 0.15) is 18.2 Å². The molecular formula is C11H8FNO. The minimum Gasteiger partial charge on any atom is -0.460 e. The minimum absolute atomic E-state index is 0.350. The molecule has 1 heterocycles. The molecule has 2 rings (SSSR count). The number of fused-ring (bicyclic) bond motifs is 1. The van der Waals surface area contributed by atoms with Gasteiger partial charge >= 0.3 is 0 Å². The molecule has 0 radical (unpaired) electrons. The average Bonchev–Trinajstić information content (AvgIpc) is 2.54. The van der Waals surface area contributed by atoms with E-state index in [1.807, 2.05) is 13.0 Å². The zero-order chi connectivity index (χ0) is 10.1. The first-order chi connectivity index (χ1) is 6.76. The van der Waals surface area contributed by atoms with Gasteiger partial charge in [0.1, 0.15) is 28.8 Å². The average molecular weight is 189 g/mol. The highest BCUT2D eigenvalue weighted by Gasteiger charge is 2.12. The Morgan fingerprint density at radius 3 is 2.93 bits per heavy atom. The van der Waals surface area contributed by atoms with E-state index in [0.717, 1.165) is 0 Å². The maximum absolute atomic E-state index is 12.9. The predicted octanol–water partition coefficient (Wildman–Crippen LogP) is 3.01. The summed E-state index contributed by atoms with van der Waals surface area (Å²) in [6.07, 6.45) is 0.638. The van der Waals surface area contributed by atoms with Crippen LogP contribution < -0.4 is 0 Å². The van der Waals surface area contributed by atoms with E-state index < -0.39 is 0 Å². The molecular weight excluding hydrogens is 181 g/mol. The number of nitrogens with zero attached hydrogens (tertiary/aromatic N) is 1. The summed E-state index contributed by atoms with van der Waals surface area (Å²) in [5, 5.41) is 9.45. The molecule has 0 aliphatic heterocycles. The predicted molar refractivity (Wildman–Crippen MR) is 50.3 cm³/mol. The Balaban J connectivity index is 2.83. The topological polar surface area (TPSA) is 36.9 Å². The normalized spacial score (nSPS) is 10.4. The summed E-state index contributed by atoms with van der Waals surface area (Å²) < 4.78 is 18.3. The molecule has 0 fully saturated rings. The molecule has 0 spiro atoms. The Morgan fingerprint density at radius 1 is 1.50 bits per heavy atom. The third-order valence-electron chi connectivity index (χ3n) is 2.16. The van der Waals surface area contributed by atoms with E-state index in [-0.39, 0.29) is 5.82 Å². The van der Waals surface area contributed by atoms with Crippen LogP contribution in [0.2, 0.25) is 0 Å². The van der Waals surface area contributed by atoms with Crippen molar-refractivity contribution in [2.24, 2.45) is 0 Å². The summed E-state index contributed by atoms with van der Waals surface area (Å²) in [4.78, 5) is 0. The molecule has 1 aromatic carbocycles. The van der Waals surface area contributed by atoms with E-state index in [1.54, 1.807) is 6.07 Å². The standard InChI is InChI=1S/C11H8FNO/c1-2-10-9(6-13)8-5-7(12)3-4-11(8)14-10/h3-5H,2H2,1H3. The van der Waals surface area contributed by atoms with Gasteiger partial charge in [-0.05, 0) is 18.2 Å². The number of benzene rings is 1. The molecule has 0 aliphatic carbocycles. The first-order valence-electron chi connectivity index (χ1n) is 4.37. The molecule has 0 unspecified atom stereocenters. The molecule has 0 saturated carbocycles. The number of furan rings is 1. The lowest BCUT2D eigenvalue weighted by Gasteiger charge is -1.87. The Morgan fingerprint density at radius 2 is 2.29 bits per heavy atom. The second-order valence-electron chi connectivity index (χ2n) is 3.01. The first kappa shape index (κ1) is 8.76. The van der Waals surface area contributed by atoms with Crippen LogP contribution in [0.3, 0.4) is 0 Å². The monoisotopic (exact) mass is 189 g/mol. The van der Waals surface area contributed by atoms with Crippen LogP contribution in [-0.4, -0.2) is 0 Å². The van der Waals surface area contributed by atoms with Crippen LogP contribution in [-0.2, 0) is 6.42 Å². The Hall–Kier alpha value is -1.82. The molecule has 1 aromatic heterocycles. The van der Waals surface area contributed by atoms with Crippen LogP contribution in [0.4, 0.5) is 4.39 Å². The van der Waals surface area contributed by atoms with Crippen molar-refractivity contribution in [3.63, 3.8) is 0 Å². The fourth-order valence-electron chi connectivity index (χ4n) is 1.49. The van der Waals surface area contributed by atoms with E-state index in [4.69, 9.17) is 9.68 Å². The fraction of sp³-hybridized carbons (Fsp3) is 0.182. The number of aryl methyl sites for hydroxylation is 1. The number of hydrogen-bond acceptors (Lipinski definition) is 2. The summed E-state index contributed by atoms with van der Waals surface area (Å²) >= 11 is 0. The van der Waals surface area contributed by atoms with E-state index in [0.29, 0.717) is 28.7 Å². The van der Waals surface area contributed by atoms with Gasteiger partial charge in [-0.15, -0.1) is 0 Å². The summed E-state index contributed by atoms with van der Waals surface area (Å²) in [6, 6.07) is 6.24. The molecule has 2 nitrogen and oxygen atoms in total. The van der Waals surface area contributed by atoms with Crippen molar-refractivity contribution in [3.8, 4) is 6.07 Å². The Labute approximate surface area is 80.6 Å². The third-order valence-corrected chi connectivity index (χ3v) is 2.16. The lowest BCUT2D eigenvalue weighted by atomic mass is 10.1. The zero-order valence-electron chi connectivity index (χ0n) is 7.67. The van der Waals surface area contributed by atoms with Crippen LogP contribution in [0, 0.1) is 17.1 Å². The van der Waals surface area contributed by atoms with E-state index in [2.05, 4.69) is 0 Å². The van der Waals surface area contributed by atoms with Gasteiger partial charge in [-0.1, -0.05) is 6.92 Å². The maximum atomic E-state index is 12.9. The molecule has 70 valence electrons. The number of halogens is 1. The van der Waals surface area contributed by atoms with Crippen molar-refractivity contribution >= 4 is 11.0 Å². The van der Waals surface area contributed by atoms with Gasteiger partial charge < -0.3 is 4.42 Å². The van der Waals surface area contributed by atoms with Gasteiger partial charge in [0.15, 0.2) is 0 Å². The minimum atomic E-state index is -0.350. The Bertz CT molecular complexity index is 522. The summed E-state index contributed by atoms with van der Waals surface area (Å²) in [5.41, 5.74) is 1.02. The fourth-order valence-corrected chi connectivity index (χ4v) is 1.49. The van der Waals surface area contributed by atoms with Crippen molar-refractivity contribution in [1.29, 1.82) is 5.26 Å². The number of nitriles is 1. The zero-order valence-corrected chi connectivity index (χ0v) is 7.67. The molecule has 0 amide bonds. The van der Waals surface area contributed by atoms with Gasteiger partial charge in [-0.25, -0.2) is 4.39 Å². The molecule has 3 heteroatoms. The van der Waals surface area contributed by atoms with Gasteiger partial charge in [0.2, 0.25) is 0 Å². The molecule has 0 bridgehead atoms. The highest BCUT2D eigenvalue weighted by atomic mass is 19.1. The van der Waals surface area contributed by atoms with Gasteiger partial charge in [-0.2, -0.15) is 5.26 Å². The van der Waals surface area contributed by atoms with Crippen molar-refractivity contribution in [2.45, 2.75) is 13.3 Å². The Kier molecular flexibility index (Phi) is 1.97. The summed E-state index contributed by atoms with van der Waals surface area (Å²) in [7, 11) is 0. The van der Waals surface area contributed by atoms with Crippen molar-refractivity contribution in [1.82, 2.24) is 0 Å². The van der Waals surface area contributed by atoms with Crippen LogP contribution in [0.5, 0.6) is 0 Å². The van der Waals surface area contributed by atoms with Crippen molar-refractivity contribution in [2.75, 3.05) is 0 Å². The second kappa shape index (κ2) is 3.15. The van der Waals surface area contributed by atoms with E-state index in [1.165, 1.54) is 12.1 Å². The lowest BCUT2D eigenvalue weighted by Crippen LogP contribution is -1.79. The smallest absolute Gasteiger partial charge is 0.135 e. The molecule has 0 atom stereocenters. The van der Waals surface area contributed by atoms with Gasteiger partial charge in [0, 0.05) is 11.8 Å². The summed E-state index contributed by atoms with van der Waals surface area (Å²) in [6.45, 7) is 1.90. The lowest BCUT2D eigenvalue weighted by molar-refractivity contribution is 0.554. The molecule has 0 N–H and O–H groups in total. The third kappa shape index (κ3) is 1.16. The van der Waals surface area contributed by atoms with E-state index in [9.17, 15) is 4.39 Å².